The molecular weight excluding hydrogens is 174 g/mol. The van der Waals surface area contributed by atoms with Crippen LogP contribution in [-0.2, 0) is 4.74 Å². The SMILES string of the molecule is Cc1cccc(C2NCCOC2C)c1. The van der Waals surface area contributed by atoms with Gasteiger partial charge in [0.25, 0.3) is 0 Å². The highest BCUT2D eigenvalue weighted by Gasteiger charge is 2.22. The number of hydrogen-bond acceptors (Lipinski definition) is 2. The van der Waals surface area contributed by atoms with E-state index in [2.05, 4.69) is 43.4 Å². The van der Waals surface area contributed by atoms with E-state index in [1.54, 1.807) is 0 Å². The highest BCUT2D eigenvalue weighted by molar-refractivity contribution is 5.26. The second-order valence-electron chi connectivity index (χ2n) is 3.92. The molecule has 0 bridgehead atoms. The Kier molecular flexibility index (Phi) is 2.85. The fourth-order valence-corrected chi connectivity index (χ4v) is 1.97. The molecule has 1 heterocycles. The van der Waals surface area contributed by atoms with Crippen LogP contribution < -0.4 is 5.32 Å². The maximum Gasteiger partial charge on any atom is 0.0742 e. The van der Waals surface area contributed by atoms with E-state index in [4.69, 9.17) is 4.74 Å². The van der Waals surface area contributed by atoms with Crippen molar-refractivity contribution >= 4 is 0 Å². The van der Waals surface area contributed by atoms with Gasteiger partial charge < -0.3 is 10.1 Å². The van der Waals surface area contributed by atoms with Gasteiger partial charge in [0.2, 0.25) is 0 Å². The lowest BCUT2D eigenvalue weighted by Gasteiger charge is -2.30. The third kappa shape index (κ3) is 1.97. The number of aryl methyl sites for hydroxylation is 1. The molecule has 0 aromatic heterocycles. The highest BCUT2D eigenvalue weighted by atomic mass is 16.5. The maximum atomic E-state index is 5.62. The van der Waals surface area contributed by atoms with Gasteiger partial charge in [-0.1, -0.05) is 29.8 Å². The number of hydrogen-bond donors (Lipinski definition) is 1. The molecule has 1 aromatic carbocycles. The second kappa shape index (κ2) is 4.11. The van der Waals surface area contributed by atoms with Crippen LogP contribution in [0.4, 0.5) is 0 Å². The Hall–Kier alpha value is -0.860. The zero-order valence-corrected chi connectivity index (χ0v) is 8.79. The number of benzene rings is 1. The molecule has 1 aliphatic heterocycles. The monoisotopic (exact) mass is 191 g/mol. The first-order valence-corrected chi connectivity index (χ1v) is 5.19. The van der Waals surface area contributed by atoms with Crippen molar-refractivity contribution in [1.29, 1.82) is 0 Å². The van der Waals surface area contributed by atoms with Crippen LogP contribution in [0.25, 0.3) is 0 Å². The summed E-state index contributed by atoms with van der Waals surface area (Å²) in [4.78, 5) is 0. The summed E-state index contributed by atoms with van der Waals surface area (Å²) in [6, 6.07) is 8.97. The van der Waals surface area contributed by atoms with E-state index in [-0.39, 0.29) is 6.10 Å². The molecular formula is C12H17NO. The van der Waals surface area contributed by atoms with Crippen molar-refractivity contribution in [2.45, 2.75) is 26.0 Å². The normalized spacial score (nSPS) is 27.6. The van der Waals surface area contributed by atoms with Crippen LogP contribution >= 0.6 is 0 Å². The van der Waals surface area contributed by atoms with E-state index < -0.39 is 0 Å². The molecule has 1 aromatic rings. The van der Waals surface area contributed by atoms with Crippen molar-refractivity contribution in [3.8, 4) is 0 Å². The van der Waals surface area contributed by atoms with Crippen LogP contribution in [0.15, 0.2) is 24.3 Å². The standard InChI is InChI=1S/C12H17NO/c1-9-4-3-5-11(8-9)12-10(2)14-7-6-13-12/h3-5,8,10,12-13H,6-7H2,1-2H3. The molecule has 0 aliphatic carbocycles. The summed E-state index contributed by atoms with van der Waals surface area (Å²) in [6.45, 7) is 6.02. The molecule has 0 spiro atoms. The molecule has 2 unspecified atom stereocenters. The number of nitrogens with one attached hydrogen (secondary N) is 1. The van der Waals surface area contributed by atoms with Crippen molar-refractivity contribution in [2.24, 2.45) is 0 Å². The minimum absolute atomic E-state index is 0.269. The van der Waals surface area contributed by atoms with E-state index in [0.29, 0.717) is 6.04 Å². The topological polar surface area (TPSA) is 21.3 Å². The fraction of sp³-hybridized carbons (Fsp3) is 0.500. The Morgan fingerprint density at radius 3 is 3.00 bits per heavy atom. The quantitative estimate of drug-likeness (QED) is 0.733. The summed E-state index contributed by atoms with van der Waals surface area (Å²) in [5.74, 6) is 0. The van der Waals surface area contributed by atoms with E-state index in [1.807, 2.05) is 0 Å². The first-order chi connectivity index (χ1) is 6.77. The third-order valence-electron chi connectivity index (χ3n) is 2.72. The molecule has 0 saturated carbocycles. The molecule has 1 saturated heterocycles. The third-order valence-corrected chi connectivity index (χ3v) is 2.72. The van der Waals surface area contributed by atoms with Crippen LogP contribution in [0.3, 0.4) is 0 Å². The average Bonchev–Trinajstić information content (AvgIpc) is 2.18. The van der Waals surface area contributed by atoms with Gasteiger partial charge in [-0.25, -0.2) is 0 Å². The van der Waals surface area contributed by atoms with Crippen molar-refractivity contribution in [2.75, 3.05) is 13.2 Å². The van der Waals surface area contributed by atoms with Crippen molar-refractivity contribution in [1.82, 2.24) is 5.32 Å². The van der Waals surface area contributed by atoms with Gasteiger partial charge in [-0.3, -0.25) is 0 Å². The molecule has 1 aliphatic rings. The number of rotatable bonds is 1. The number of morpholine rings is 1. The smallest absolute Gasteiger partial charge is 0.0742 e. The number of ether oxygens (including phenoxy) is 1. The van der Waals surface area contributed by atoms with E-state index in [1.165, 1.54) is 11.1 Å². The van der Waals surface area contributed by atoms with Crippen molar-refractivity contribution in [3.63, 3.8) is 0 Å². The van der Waals surface area contributed by atoms with E-state index >= 15 is 0 Å². The van der Waals surface area contributed by atoms with E-state index in [9.17, 15) is 0 Å². The lowest BCUT2D eigenvalue weighted by molar-refractivity contribution is 0.00755. The van der Waals surface area contributed by atoms with Crippen LogP contribution in [0.1, 0.15) is 24.1 Å². The minimum Gasteiger partial charge on any atom is -0.375 e. The lowest BCUT2D eigenvalue weighted by atomic mass is 9.99. The Morgan fingerprint density at radius 2 is 2.29 bits per heavy atom. The van der Waals surface area contributed by atoms with Gasteiger partial charge in [0.05, 0.1) is 18.8 Å². The molecule has 2 heteroatoms. The highest BCUT2D eigenvalue weighted by Crippen LogP contribution is 2.22. The molecule has 2 atom stereocenters. The van der Waals surface area contributed by atoms with Crippen molar-refractivity contribution in [3.05, 3.63) is 35.4 Å². The summed E-state index contributed by atoms with van der Waals surface area (Å²) in [6.07, 6.45) is 0.269. The average molecular weight is 191 g/mol. The van der Waals surface area contributed by atoms with Crippen LogP contribution in [0.5, 0.6) is 0 Å². The van der Waals surface area contributed by atoms with Gasteiger partial charge in [0.1, 0.15) is 0 Å². The molecule has 14 heavy (non-hydrogen) atoms. The molecule has 1 fully saturated rings. The van der Waals surface area contributed by atoms with Crippen LogP contribution in [0.2, 0.25) is 0 Å². The lowest BCUT2D eigenvalue weighted by Crippen LogP contribution is -2.40. The van der Waals surface area contributed by atoms with Gasteiger partial charge in [0.15, 0.2) is 0 Å². The minimum atomic E-state index is 0.269. The van der Waals surface area contributed by atoms with Gasteiger partial charge >= 0.3 is 0 Å². The van der Waals surface area contributed by atoms with E-state index in [0.717, 1.165) is 13.2 Å². The predicted octanol–water partition coefficient (Wildman–Crippen LogP) is 2.04. The van der Waals surface area contributed by atoms with Gasteiger partial charge in [-0.05, 0) is 19.4 Å². The van der Waals surface area contributed by atoms with Gasteiger partial charge in [-0.15, -0.1) is 0 Å². The Morgan fingerprint density at radius 1 is 1.43 bits per heavy atom. The van der Waals surface area contributed by atoms with Gasteiger partial charge in [-0.2, -0.15) is 0 Å². The van der Waals surface area contributed by atoms with Crippen LogP contribution in [-0.4, -0.2) is 19.3 Å². The maximum absolute atomic E-state index is 5.62. The summed E-state index contributed by atoms with van der Waals surface area (Å²) in [5, 5.41) is 3.49. The Labute approximate surface area is 85.3 Å². The first-order valence-electron chi connectivity index (χ1n) is 5.19. The summed E-state index contributed by atoms with van der Waals surface area (Å²) < 4.78 is 5.62. The first kappa shape index (κ1) is 9.69. The predicted molar refractivity (Wildman–Crippen MR) is 57.3 cm³/mol. The molecule has 2 rings (SSSR count). The molecule has 1 N–H and O–H groups in total. The molecule has 2 nitrogen and oxygen atoms in total. The zero-order chi connectivity index (χ0) is 9.97. The summed E-state index contributed by atoms with van der Waals surface area (Å²) >= 11 is 0. The Bertz CT molecular complexity index is 311. The van der Waals surface area contributed by atoms with Gasteiger partial charge in [0, 0.05) is 6.54 Å². The van der Waals surface area contributed by atoms with Crippen molar-refractivity contribution < 1.29 is 4.74 Å². The Balaban J connectivity index is 2.20. The van der Waals surface area contributed by atoms with Crippen LogP contribution in [0, 0.1) is 6.92 Å². The molecule has 76 valence electrons. The molecule has 0 radical (unpaired) electrons. The molecule has 0 amide bonds. The summed E-state index contributed by atoms with van der Waals surface area (Å²) in [7, 11) is 0. The fourth-order valence-electron chi connectivity index (χ4n) is 1.97. The second-order valence-corrected chi connectivity index (χ2v) is 3.92. The zero-order valence-electron chi connectivity index (χ0n) is 8.79. The largest absolute Gasteiger partial charge is 0.375 e. The summed E-state index contributed by atoms with van der Waals surface area (Å²) in [5.41, 5.74) is 2.64.